The van der Waals surface area contributed by atoms with Gasteiger partial charge in [-0.25, -0.2) is 8.42 Å². The predicted molar refractivity (Wildman–Crippen MR) is 67.2 cm³/mol. The minimum absolute atomic E-state index is 0.166. The smallest absolute Gasteiger partial charge is 0.376 e. The average molecular weight is 322 g/mol. The average Bonchev–Trinajstić information content (AvgIpc) is 2.41. The molecule has 118 valence electrons. The number of ketones is 1. The van der Waals surface area contributed by atoms with Crippen LogP contribution in [0.25, 0.3) is 0 Å². The first-order chi connectivity index (χ1) is 9.73. The highest BCUT2D eigenvalue weighted by molar-refractivity contribution is 7.73. The van der Waals surface area contributed by atoms with E-state index in [0.29, 0.717) is 19.3 Å². The Kier molecular flexibility index (Phi) is 3.35. The molecule has 8 heteroatoms. The number of alkyl halides is 2. The first kappa shape index (κ1) is 14.9. The lowest BCUT2D eigenvalue weighted by Crippen LogP contribution is -2.55. The van der Waals surface area contributed by atoms with Gasteiger partial charge >= 0.3 is 11.2 Å². The molecule has 21 heavy (non-hydrogen) atoms. The summed E-state index contributed by atoms with van der Waals surface area (Å²) in [7, 11) is -3.98. The summed E-state index contributed by atoms with van der Waals surface area (Å²) in [5.74, 6) is -0.654. The molecule has 0 aliphatic heterocycles. The van der Waals surface area contributed by atoms with Crippen molar-refractivity contribution in [3.63, 3.8) is 0 Å². The van der Waals surface area contributed by atoms with Gasteiger partial charge in [-0.3, -0.25) is 9.59 Å². The molecular weight excluding hydrogens is 306 g/mol. The highest BCUT2D eigenvalue weighted by atomic mass is 32.2. The van der Waals surface area contributed by atoms with Crippen LogP contribution in [0.1, 0.15) is 32.1 Å². The molecule has 0 spiro atoms. The molecule has 0 N–H and O–H groups in total. The van der Waals surface area contributed by atoms with Gasteiger partial charge in [0.15, 0.2) is 6.61 Å². The number of rotatable bonds is 4. The van der Waals surface area contributed by atoms with Crippen molar-refractivity contribution in [1.82, 2.24) is 0 Å². The largest absolute Gasteiger partial charge is 0.458 e. The van der Waals surface area contributed by atoms with Gasteiger partial charge in [0, 0.05) is 11.8 Å². The molecule has 4 aliphatic carbocycles. The van der Waals surface area contributed by atoms with Gasteiger partial charge in [0.2, 0.25) is 10.7 Å². The van der Waals surface area contributed by atoms with Crippen molar-refractivity contribution in [3.05, 3.63) is 0 Å². The van der Waals surface area contributed by atoms with Crippen LogP contribution in [0.3, 0.4) is 0 Å². The summed E-state index contributed by atoms with van der Waals surface area (Å²) in [6.07, 6.45) is 2.81. The van der Waals surface area contributed by atoms with E-state index in [-0.39, 0.29) is 23.5 Å². The summed E-state index contributed by atoms with van der Waals surface area (Å²) in [5.41, 5.74) is -0.866. The zero-order valence-electron chi connectivity index (χ0n) is 11.2. The van der Waals surface area contributed by atoms with E-state index < -0.39 is 33.9 Å². The van der Waals surface area contributed by atoms with Crippen LogP contribution in [0.2, 0.25) is 0 Å². The second-order valence-corrected chi connectivity index (χ2v) is 7.69. The van der Waals surface area contributed by atoms with Gasteiger partial charge < -0.3 is 4.74 Å². The van der Waals surface area contributed by atoms with Crippen LogP contribution in [0.4, 0.5) is 8.78 Å². The van der Waals surface area contributed by atoms with Gasteiger partial charge in [-0.15, -0.1) is 0 Å². The van der Waals surface area contributed by atoms with Crippen molar-refractivity contribution in [2.24, 2.45) is 23.2 Å². The summed E-state index contributed by atoms with van der Waals surface area (Å²) in [4.78, 5) is 24.2. The van der Waals surface area contributed by atoms with Gasteiger partial charge in [0.25, 0.3) is 0 Å². The van der Waals surface area contributed by atoms with E-state index in [1.807, 2.05) is 0 Å². The molecule has 2 unspecified atom stereocenters. The third-order valence-electron chi connectivity index (χ3n) is 5.07. The van der Waals surface area contributed by atoms with Crippen LogP contribution < -0.4 is 0 Å². The maximum Gasteiger partial charge on any atom is 0.376 e. The minimum Gasteiger partial charge on any atom is -0.458 e. The topological polar surface area (TPSA) is 77.5 Å². The van der Waals surface area contributed by atoms with Gasteiger partial charge in [0.05, 0.1) is 5.41 Å². The third-order valence-corrected chi connectivity index (χ3v) is 5.73. The van der Waals surface area contributed by atoms with Crippen LogP contribution >= 0.6 is 0 Å². The Balaban J connectivity index is 1.72. The Bertz CT molecular complexity index is 545. The Morgan fingerprint density at radius 2 is 1.81 bits per heavy atom. The number of ether oxygens (including phenoxy) is 1. The van der Waals surface area contributed by atoms with Crippen LogP contribution in [0.5, 0.6) is 0 Å². The normalized spacial score (nSPS) is 38.0. The first-order valence-corrected chi connectivity index (χ1v) is 8.14. The fourth-order valence-corrected chi connectivity index (χ4v) is 4.53. The third kappa shape index (κ3) is 2.37. The van der Waals surface area contributed by atoms with E-state index in [4.69, 9.17) is 0 Å². The Labute approximate surface area is 122 Å². The van der Waals surface area contributed by atoms with Crippen LogP contribution in [-0.4, -0.2) is 32.0 Å². The van der Waals surface area contributed by atoms with Gasteiger partial charge in [0.1, 0.15) is 5.78 Å². The number of esters is 1. The van der Waals surface area contributed by atoms with E-state index >= 15 is 0 Å². The number of hydrogen-bond acceptors (Lipinski definition) is 5. The number of carbonyl (C=O) groups excluding carboxylic acids is 2. The van der Waals surface area contributed by atoms with Crippen molar-refractivity contribution >= 4 is 22.5 Å². The fraction of sp³-hybridized carbons (Fsp3) is 0.846. The lowest BCUT2D eigenvalue weighted by Gasteiger charge is -2.53. The molecule has 0 amide bonds. The lowest BCUT2D eigenvalue weighted by molar-refractivity contribution is -0.178. The molecule has 2 atom stereocenters. The maximum atomic E-state index is 13.0. The molecule has 4 bridgehead atoms. The summed E-state index contributed by atoms with van der Waals surface area (Å²) < 4.78 is 51.4. The van der Waals surface area contributed by atoms with Crippen LogP contribution in [0, 0.1) is 23.2 Å². The molecule has 0 saturated heterocycles. The van der Waals surface area contributed by atoms with Crippen molar-refractivity contribution in [1.29, 1.82) is 0 Å². The molecule has 5 nitrogen and oxygen atoms in total. The maximum absolute atomic E-state index is 13.0. The molecule has 4 fully saturated rings. The zero-order chi connectivity index (χ0) is 15.4. The van der Waals surface area contributed by atoms with E-state index in [1.165, 1.54) is 0 Å². The molecule has 0 radical (unpaired) electrons. The minimum atomic E-state index is -4.04. The lowest BCUT2D eigenvalue weighted by atomic mass is 9.49. The van der Waals surface area contributed by atoms with E-state index in [2.05, 4.69) is 4.74 Å². The Morgan fingerprint density at radius 1 is 1.24 bits per heavy atom. The number of halogens is 2. The van der Waals surface area contributed by atoms with E-state index in [0.717, 1.165) is 12.8 Å². The molecule has 0 aromatic heterocycles. The van der Waals surface area contributed by atoms with Crippen molar-refractivity contribution in [2.45, 2.75) is 37.4 Å². The quantitative estimate of drug-likeness (QED) is 0.620. The summed E-state index contributed by atoms with van der Waals surface area (Å²) in [5, 5.41) is -4.04. The highest BCUT2D eigenvalue weighted by Crippen LogP contribution is 2.59. The first-order valence-electron chi connectivity index (χ1n) is 6.97. The standard InChI is InChI=1S/C13H16F2O5S/c14-13(15,21(18)19)6-20-11(17)12-3-7-1-8(4-12)10(16)9(2-7)5-12/h7-9,21H,1-6H2. The second-order valence-electron chi connectivity index (χ2n) is 6.53. The number of thiol groups is 1. The molecule has 0 aromatic rings. The Hall–Kier alpha value is -1.05. The van der Waals surface area contributed by atoms with Crippen LogP contribution in [-0.2, 0) is 25.0 Å². The fourth-order valence-electron chi connectivity index (χ4n) is 4.36. The zero-order valence-corrected chi connectivity index (χ0v) is 12.1. The van der Waals surface area contributed by atoms with Gasteiger partial charge in [-0.05, 0) is 38.0 Å². The highest BCUT2D eigenvalue weighted by Gasteiger charge is 2.59. The SMILES string of the molecule is O=C1C2CC3CC1CC(C(=O)OCC(F)(F)[SH](=O)=O)(C3)C2. The molecule has 4 aliphatic rings. The molecule has 0 aromatic carbocycles. The number of Topliss-reactive ketones (excluding diaryl/α,β-unsaturated/α-hetero) is 1. The van der Waals surface area contributed by atoms with E-state index in [9.17, 15) is 26.8 Å². The van der Waals surface area contributed by atoms with Crippen molar-refractivity contribution < 1.29 is 31.5 Å². The summed E-state index contributed by atoms with van der Waals surface area (Å²) in [6.45, 7) is -1.44. The predicted octanol–water partition coefficient (Wildman–Crippen LogP) is 1.13. The monoisotopic (exact) mass is 322 g/mol. The van der Waals surface area contributed by atoms with Crippen molar-refractivity contribution in [2.75, 3.05) is 6.61 Å². The van der Waals surface area contributed by atoms with Gasteiger partial charge in [-0.1, -0.05) is 0 Å². The second kappa shape index (κ2) is 4.72. The van der Waals surface area contributed by atoms with Gasteiger partial charge in [-0.2, -0.15) is 8.78 Å². The van der Waals surface area contributed by atoms with Crippen LogP contribution in [0.15, 0.2) is 0 Å². The van der Waals surface area contributed by atoms with Crippen molar-refractivity contribution in [3.8, 4) is 0 Å². The number of carbonyl (C=O) groups is 2. The molecular formula is C13H16F2O5S. The van der Waals surface area contributed by atoms with E-state index in [1.54, 1.807) is 0 Å². The number of hydrogen-bond donors (Lipinski definition) is 1. The Morgan fingerprint density at radius 3 is 2.33 bits per heavy atom. The molecule has 4 rings (SSSR count). The summed E-state index contributed by atoms with van der Waals surface area (Å²) in [6, 6.07) is 0. The summed E-state index contributed by atoms with van der Waals surface area (Å²) >= 11 is 0. The molecule has 4 saturated carbocycles. The molecule has 0 heterocycles.